The van der Waals surface area contributed by atoms with Crippen molar-refractivity contribution >= 4 is 17.6 Å². The number of carbonyl (C=O) groups is 2. The quantitative estimate of drug-likeness (QED) is 0.799. The molecule has 1 amide bonds. The van der Waals surface area contributed by atoms with Crippen molar-refractivity contribution < 1.29 is 19.1 Å². The Morgan fingerprint density at radius 1 is 0.815 bits per heavy atom. The summed E-state index contributed by atoms with van der Waals surface area (Å²) in [7, 11) is 0. The number of anilines is 1. The summed E-state index contributed by atoms with van der Waals surface area (Å²) in [6.45, 7) is -0.519. The van der Waals surface area contributed by atoms with Crippen molar-refractivity contribution in [3.05, 3.63) is 58.7 Å². The Hall–Kier alpha value is -2.82. The molecule has 2 aliphatic carbocycles. The molecule has 0 unspecified atom stereocenters. The summed E-state index contributed by atoms with van der Waals surface area (Å²) in [5.41, 5.74) is 6.02. The number of ether oxygens (including phenoxy) is 2. The third-order valence-corrected chi connectivity index (χ3v) is 5.17. The number of benzene rings is 2. The summed E-state index contributed by atoms with van der Waals surface area (Å²) in [5, 5.41) is 2.77. The molecular weight excluding hydrogens is 342 g/mol. The summed E-state index contributed by atoms with van der Waals surface area (Å²) < 4.78 is 10.5. The molecule has 0 aromatic heterocycles. The number of aryl methyl sites for hydroxylation is 4. The van der Waals surface area contributed by atoms with E-state index in [4.69, 9.17) is 9.47 Å². The zero-order valence-corrected chi connectivity index (χ0v) is 15.3. The van der Waals surface area contributed by atoms with Crippen LogP contribution in [0.5, 0.6) is 5.75 Å². The van der Waals surface area contributed by atoms with Crippen LogP contribution in [0, 0.1) is 0 Å². The second-order valence-electron chi connectivity index (χ2n) is 7.12. The van der Waals surface area contributed by atoms with Crippen LogP contribution in [0.3, 0.4) is 0 Å². The smallest absolute Gasteiger partial charge is 0.344 e. The zero-order chi connectivity index (χ0) is 18.6. The van der Waals surface area contributed by atoms with Crippen molar-refractivity contribution in [1.29, 1.82) is 0 Å². The van der Waals surface area contributed by atoms with E-state index in [-0.39, 0.29) is 19.1 Å². The van der Waals surface area contributed by atoms with E-state index in [2.05, 4.69) is 11.4 Å². The molecule has 5 nitrogen and oxygen atoms in total. The van der Waals surface area contributed by atoms with Gasteiger partial charge in [-0.05, 0) is 85.0 Å². The number of amides is 1. The molecule has 0 radical (unpaired) electrons. The van der Waals surface area contributed by atoms with E-state index >= 15 is 0 Å². The number of fused-ring (bicyclic) bond motifs is 2. The topological polar surface area (TPSA) is 64.6 Å². The summed E-state index contributed by atoms with van der Waals surface area (Å²) in [4.78, 5) is 23.8. The van der Waals surface area contributed by atoms with Gasteiger partial charge in [0.2, 0.25) is 0 Å². The minimum atomic E-state index is -0.556. The monoisotopic (exact) mass is 365 g/mol. The number of hydrogen-bond donors (Lipinski definition) is 1. The molecule has 0 aliphatic heterocycles. The van der Waals surface area contributed by atoms with Gasteiger partial charge in [0.25, 0.3) is 5.91 Å². The van der Waals surface area contributed by atoms with Crippen LogP contribution in [0.1, 0.15) is 35.1 Å². The van der Waals surface area contributed by atoms with Crippen molar-refractivity contribution in [3.63, 3.8) is 0 Å². The summed E-state index contributed by atoms with van der Waals surface area (Å²) in [6, 6.07) is 11.8. The van der Waals surface area contributed by atoms with Gasteiger partial charge in [-0.25, -0.2) is 4.79 Å². The molecular formula is C22H23NO4. The molecule has 2 aromatic rings. The standard InChI is InChI=1S/C22H23NO4/c24-21(23-19-9-7-15-3-1-5-17(15)11-19)13-27-22(25)14-26-20-10-8-16-4-2-6-18(16)12-20/h7-12H,1-6,13-14H2,(H,23,24). The molecule has 2 aromatic carbocycles. The third-order valence-electron chi connectivity index (χ3n) is 5.17. The fraction of sp³-hybridized carbons (Fsp3) is 0.364. The maximum atomic E-state index is 12.0. The largest absolute Gasteiger partial charge is 0.482 e. The first-order chi connectivity index (χ1) is 13.2. The second kappa shape index (κ2) is 7.82. The van der Waals surface area contributed by atoms with Gasteiger partial charge in [0.15, 0.2) is 13.2 Å². The Bertz CT molecular complexity index is 875. The first kappa shape index (κ1) is 17.6. The number of nitrogens with one attached hydrogen (secondary N) is 1. The number of rotatable bonds is 6. The van der Waals surface area contributed by atoms with Crippen molar-refractivity contribution in [2.24, 2.45) is 0 Å². The predicted octanol–water partition coefficient (Wildman–Crippen LogP) is 3.22. The first-order valence-electron chi connectivity index (χ1n) is 9.49. The van der Waals surface area contributed by atoms with Crippen molar-refractivity contribution in [1.82, 2.24) is 0 Å². The normalized spacial score (nSPS) is 14.4. The molecule has 0 spiro atoms. The van der Waals surface area contributed by atoms with E-state index in [1.165, 1.54) is 28.7 Å². The SMILES string of the molecule is O=C(COC(=O)COc1ccc2c(c1)CCC2)Nc1ccc2c(c1)CCC2. The molecule has 2 aliphatic rings. The fourth-order valence-corrected chi connectivity index (χ4v) is 3.81. The molecule has 5 heteroatoms. The molecule has 0 atom stereocenters. The van der Waals surface area contributed by atoms with Crippen molar-refractivity contribution in [3.8, 4) is 5.75 Å². The van der Waals surface area contributed by atoms with E-state index in [1.807, 2.05) is 30.3 Å². The number of hydrogen-bond acceptors (Lipinski definition) is 4. The minimum Gasteiger partial charge on any atom is -0.482 e. The number of esters is 1. The van der Waals surface area contributed by atoms with Gasteiger partial charge in [-0.2, -0.15) is 0 Å². The highest BCUT2D eigenvalue weighted by Crippen LogP contribution is 2.26. The van der Waals surface area contributed by atoms with Gasteiger partial charge >= 0.3 is 5.97 Å². The van der Waals surface area contributed by atoms with Crippen LogP contribution in [-0.4, -0.2) is 25.1 Å². The van der Waals surface area contributed by atoms with Crippen molar-refractivity contribution in [2.75, 3.05) is 18.5 Å². The lowest BCUT2D eigenvalue weighted by atomic mass is 10.1. The van der Waals surface area contributed by atoms with Crippen molar-refractivity contribution in [2.45, 2.75) is 38.5 Å². The molecule has 0 fully saturated rings. The van der Waals surface area contributed by atoms with E-state index in [1.54, 1.807) is 0 Å². The first-order valence-corrected chi connectivity index (χ1v) is 9.49. The molecule has 0 saturated carbocycles. The molecule has 4 rings (SSSR count). The molecule has 0 saturated heterocycles. The Kier molecular flexibility index (Phi) is 5.10. The lowest BCUT2D eigenvalue weighted by molar-refractivity contribution is -0.149. The van der Waals surface area contributed by atoms with Gasteiger partial charge in [-0.3, -0.25) is 4.79 Å². The Labute approximate surface area is 158 Å². The fourth-order valence-electron chi connectivity index (χ4n) is 3.81. The van der Waals surface area contributed by atoms with Crippen LogP contribution < -0.4 is 10.1 Å². The van der Waals surface area contributed by atoms with Gasteiger partial charge in [0, 0.05) is 5.69 Å². The molecule has 0 bridgehead atoms. The molecule has 0 heterocycles. The second-order valence-corrected chi connectivity index (χ2v) is 7.12. The minimum absolute atomic E-state index is 0.203. The lowest BCUT2D eigenvalue weighted by Gasteiger charge is -2.10. The van der Waals surface area contributed by atoms with Crippen LogP contribution in [0.25, 0.3) is 0 Å². The predicted molar refractivity (Wildman–Crippen MR) is 102 cm³/mol. The van der Waals surface area contributed by atoms with Crippen LogP contribution >= 0.6 is 0 Å². The van der Waals surface area contributed by atoms with Gasteiger partial charge in [-0.15, -0.1) is 0 Å². The summed E-state index contributed by atoms with van der Waals surface area (Å²) >= 11 is 0. The Morgan fingerprint density at radius 3 is 2.26 bits per heavy atom. The molecule has 27 heavy (non-hydrogen) atoms. The van der Waals surface area contributed by atoms with Crippen LogP contribution in [0.2, 0.25) is 0 Å². The van der Waals surface area contributed by atoms with E-state index < -0.39 is 5.97 Å². The van der Waals surface area contributed by atoms with Gasteiger partial charge < -0.3 is 14.8 Å². The zero-order valence-electron chi connectivity index (χ0n) is 15.3. The van der Waals surface area contributed by atoms with E-state index in [0.717, 1.165) is 37.8 Å². The van der Waals surface area contributed by atoms with Crippen LogP contribution in [0.15, 0.2) is 36.4 Å². The highest BCUT2D eigenvalue weighted by molar-refractivity contribution is 5.93. The van der Waals surface area contributed by atoms with Crippen LogP contribution in [-0.2, 0) is 40.0 Å². The summed E-state index contributed by atoms with van der Waals surface area (Å²) in [6.07, 6.45) is 6.64. The van der Waals surface area contributed by atoms with E-state index in [9.17, 15) is 9.59 Å². The average Bonchev–Trinajstić information content (AvgIpc) is 3.32. The highest BCUT2D eigenvalue weighted by atomic mass is 16.6. The Balaban J connectivity index is 1.21. The van der Waals surface area contributed by atoms with Crippen LogP contribution in [0.4, 0.5) is 5.69 Å². The molecule has 140 valence electrons. The van der Waals surface area contributed by atoms with Gasteiger partial charge in [-0.1, -0.05) is 12.1 Å². The summed E-state index contributed by atoms with van der Waals surface area (Å²) in [5.74, 6) is -0.242. The molecule has 1 N–H and O–H groups in total. The maximum Gasteiger partial charge on any atom is 0.344 e. The lowest BCUT2D eigenvalue weighted by Crippen LogP contribution is -2.23. The van der Waals surface area contributed by atoms with E-state index in [0.29, 0.717) is 5.75 Å². The van der Waals surface area contributed by atoms with Gasteiger partial charge in [0.1, 0.15) is 5.75 Å². The third kappa shape index (κ3) is 4.30. The van der Waals surface area contributed by atoms with Gasteiger partial charge in [0.05, 0.1) is 0 Å². The number of carbonyl (C=O) groups excluding carboxylic acids is 2. The highest BCUT2D eigenvalue weighted by Gasteiger charge is 2.14. The average molecular weight is 365 g/mol. The maximum absolute atomic E-state index is 12.0. The Morgan fingerprint density at radius 2 is 1.48 bits per heavy atom.